The van der Waals surface area contributed by atoms with Crippen molar-refractivity contribution < 1.29 is 8.42 Å². The van der Waals surface area contributed by atoms with Gasteiger partial charge in [-0.25, -0.2) is 18.1 Å². The van der Waals surface area contributed by atoms with Crippen LogP contribution in [-0.4, -0.2) is 42.9 Å². The lowest BCUT2D eigenvalue weighted by Gasteiger charge is -2.08. The lowest BCUT2D eigenvalue weighted by Crippen LogP contribution is -2.27. The van der Waals surface area contributed by atoms with Crippen molar-refractivity contribution in [2.24, 2.45) is 0 Å². The van der Waals surface area contributed by atoms with Crippen molar-refractivity contribution in [2.75, 3.05) is 30.4 Å². The number of hydrogen-bond donors (Lipinski definition) is 2. The molecule has 2 rings (SSSR count). The molecule has 20 heavy (non-hydrogen) atoms. The zero-order chi connectivity index (χ0) is 14.6. The Morgan fingerprint density at radius 1 is 1.40 bits per heavy atom. The van der Waals surface area contributed by atoms with Gasteiger partial charge in [0.2, 0.25) is 0 Å². The van der Waals surface area contributed by atoms with E-state index in [1.165, 1.54) is 0 Å². The fraction of sp³-hybridized carbons (Fsp3) is 0.417. The summed E-state index contributed by atoms with van der Waals surface area (Å²) in [4.78, 5) is 4.32. The van der Waals surface area contributed by atoms with Gasteiger partial charge in [0.1, 0.15) is 5.65 Å². The van der Waals surface area contributed by atoms with E-state index < -0.39 is 10.0 Å². The number of thioether (sulfide) groups is 1. The molecule has 0 aromatic carbocycles. The van der Waals surface area contributed by atoms with Crippen LogP contribution in [0.4, 0.5) is 5.82 Å². The number of rotatable bonds is 7. The standard InChI is InChI=1S/C12H18N4O2S2/c1-3-13-11-12(20(17,18)14-7-9-19-2)16-8-5-4-6-10(16)15-11/h4-6,8,13-14H,3,7,9H2,1-2H3. The van der Waals surface area contributed by atoms with E-state index in [0.717, 1.165) is 5.75 Å². The van der Waals surface area contributed by atoms with Crippen molar-refractivity contribution in [3.05, 3.63) is 24.4 Å². The maximum Gasteiger partial charge on any atom is 0.260 e. The summed E-state index contributed by atoms with van der Waals surface area (Å²) in [6.45, 7) is 2.91. The van der Waals surface area contributed by atoms with E-state index in [9.17, 15) is 8.42 Å². The van der Waals surface area contributed by atoms with Gasteiger partial charge in [0, 0.05) is 25.0 Å². The van der Waals surface area contributed by atoms with Crippen LogP contribution in [0.2, 0.25) is 0 Å². The Labute approximate surface area is 123 Å². The third-order valence-electron chi connectivity index (χ3n) is 2.68. The molecule has 0 saturated heterocycles. The molecular formula is C12H18N4O2S2. The molecule has 0 spiro atoms. The minimum Gasteiger partial charge on any atom is -0.368 e. The maximum absolute atomic E-state index is 12.5. The second kappa shape index (κ2) is 6.47. The fourth-order valence-corrected chi connectivity index (χ4v) is 3.59. The Morgan fingerprint density at radius 2 is 2.20 bits per heavy atom. The van der Waals surface area contributed by atoms with Crippen LogP contribution in [0.5, 0.6) is 0 Å². The Morgan fingerprint density at radius 3 is 2.90 bits per heavy atom. The zero-order valence-corrected chi connectivity index (χ0v) is 13.1. The summed E-state index contributed by atoms with van der Waals surface area (Å²) in [5.74, 6) is 1.11. The average Bonchev–Trinajstić information content (AvgIpc) is 2.78. The number of aromatic nitrogens is 2. The predicted molar refractivity (Wildman–Crippen MR) is 82.9 cm³/mol. The second-order valence-electron chi connectivity index (χ2n) is 4.12. The van der Waals surface area contributed by atoms with Gasteiger partial charge < -0.3 is 5.32 Å². The summed E-state index contributed by atoms with van der Waals surface area (Å²) in [6.07, 6.45) is 3.64. The summed E-state index contributed by atoms with van der Waals surface area (Å²) in [7, 11) is -3.59. The summed E-state index contributed by atoms with van der Waals surface area (Å²) in [6, 6.07) is 5.39. The number of imidazole rings is 1. The van der Waals surface area contributed by atoms with Crippen molar-refractivity contribution in [3.8, 4) is 0 Å². The van der Waals surface area contributed by atoms with Crippen LogP contribution in [0.15, 0.2) is 29.4 Å². The maximum atomic E-state index is 12.5. The molecule has 0 amide bonds. The lowest BCUT2D eigenvalue weighted by atomic mass is 10.5. The Bertz CT molecular complexity index is 682. The number of pyridine rings is 1. The zero-order valence-electron chi connectivity index (χ0n) is 11.5. The predicted octanol–water partition coefficient (Wildman–Crippen LogP) is 1.41. The minimum absolute atomic E-state index is 0.163. The highest BCUT2D eigenvalue weighted by atomic mass is 32.2. The fourth-order valence-electron chi connectivity index (χ4n) is 1.86. The van der Waals surface area contributed by atoms with Crippen molar-refractivity contribution in [3.63, 3.8) is 0 Å². The van der Waals surface area contributed by atoms with Gasteiger partial charge in [-0.05, 0) is 25.3 Å². The molecule has 0 radical (unpaired) electrons. The number of fused-ring (bicyclic) bond motifs is 1. The highest BCUT2D eigenvalue weighted by Gasteiger charge is 2.24. The molecule has 2 N–H and O–H groups in total. The van der Waals surface area contributed by atoms with Crippen molar-refractivity contribution in [1.82, 2.24) is 14.1 Å². The highest BCUT2D eigenvalue weighted by Crippen LogP contribution is 2.22. The van der Waals surface area contributed by atoms with Crippen molar-refractivity contribution >= 4 is 33.3 Å². The summed E-state index contributed by atoms with van der Waals surface area (Å²) in [5, 5.41) is 3.17. The minimum atomic E-state index is -3.59. The lowest BCUT2D eigenvalue weighted by molar-refractivity contribution is 0.579. The quantitative estimate of drug-likeness (QED) is 0.756. The number of nitrogens with one attached hydrogen (secondary N) is 2. The molecule has 0 atom stereocenters. The van der Waals surface area contributed by atoms with Gasteiger partial charge in [-0.1, -0.05) is 6.07 Å². The van der Waals surface area contributed by atoms with E-state index in [1.807, 2.05) is 19.2 Å². The normalized spacial score (nSPS) is 11.9. The van der Waals surface area contributed by atoms with Gasteiger partial charge in [0.25, 0.3) is 10.0 Å². The highest BCUT2D eigenvalue weighted by molar-refractivity contribution is 7.98. The molecule has 8 heteroatoms. The first-order chi connectivity index (χ1) is 9.60. The van der Waals surface area contributed by atoms with Crippen LogP contribution in [0, 0.1) is 0 Å². The van der Waals surface area contributed by atoms with E-state index in [-0.39, 0.29) is 5.03 Å². The van der Waals surface area contributed by atoms with E-state index in [1.54, 1.807) is 34.5 Å². The third kappa shape index (κ3) is 3.08. The van der Waals surface area contributed by atoms with Crippen LogP contribution >= 0.6 is 11.8 Å². The van der Waals surface area contributed by atoms with E-state index in [2.05, 4.69) is 15.0 Å². The first-order valence-electron chi connectivity index (χ1n) is 6.29. The van der Waals surface area contributed by atoms with Crippen LogP contribution in [0.25, 0.3) is 5.65 Å². The van der Waals surface area contributed by atoms with Crippen LogP contribution in [0.3, 0.4) is 0 Å². The number of anilines is 1. The van der Waals surface area contributed by atoms with Gasteiger partial charge in [0.05, 0.1) is 0 Å². The van der Waals surface area contributed by atoms with Crippen LogP contribution < -0.4 is 10.0 Å². The first kappa shape index (κ1) is 15.1. The van der Waals surface area contributed by atoms with Gasteiger partial charge >= 0.3 is 0 Å². The van der Waals surface area contributed by atoms with Gasteiger partial charge in [0.15, 0.2) is 10.8 Å². The third-order valence-corrected chi connectivity index (χ3v) is 4.78. The molecule has 2 aromatic heterocycles. The number of sulfonamides is 1. The van der Waals surface area contributed by atoms with E-state index in [4.69, 9.17) is 0 Å². The van der Waals surface area contributed by atoms with Gasteiger partial charge in [-0.3, -0.25) is 4.40 Å². The molecular weight excluding hydrogens is 296 g/mol. The molecule has 0 aliphatic heterocycles. The van der Waals surface area contributed by atoms with E-state index >= 15 is 0 Å². The summed E-state index contributed by atoms with van der Waals surface area (Å²) in [5.41, 5.74) is 0.605. The SMILES string of the molecule is CCNc1nc2ccccn2c1S(=O)(=O)NCCSC. The van der Waals surface area contributed by atoms with Crippen LogP contribution in [0.1, 0.15) is 6.92 Å². The molecule has 0 saturated carbocycles. The Balaban J connectivity index is 2.47. The average molecular weight is 314 g/mol. The summed E-state index contributed by atoms with van der Waals surface area (Å²) >= 11 is 1.59. The van der Waals surface area contributed by atoms with Crippen molar-refractivity contribution in [1.29, 1.82) is 0 Å². The summed E-state index contributed by atoms with van der Waals surface area (Å²) < 4.78 is 29.1. The monoisotopic (exact) mass is 314 g/mol. The number of hydrogen-bond acceptors (Lipinski definition) is 5. The number of nitrogens with zero attached hydrogens (tertiary/aromatic N) is 2. The molecule has 0 bridgehead atoms. The van der Waals surface area contributed by atoms with Gasteiger partial charge in [-0.2, -0.15) is 11.8 Å². The topological polar surface area (TPSA) is 75.5 Å². The molecule has 110 valence electrons. The molecule has 0 fully saturated rings. The van der Waals surface area contributed by atoms with Crippen molar-refractivity contribution in [2.45, 2.75) is 11.9 Å². The Hall–Kier alpha value is -1.25. The smallest absolute Gasteiger partial charge is 0.260 e. The molecule has 0 aliphatic carbocycles. The molecule has 0 aliphatic rings. The molecule has 0 unspecified atom stereocenters. The van der Waals surface area contributed by atoms with Gasteiger partial charge in [-0.15, -0.1) is 0 Å². The molecule has 6 nitrogen and oxygen atoms in total. The van der Waals surface area contributed by atoms with Crippen LogP contribution in [-0.2, 0) is 10.0 Å². The van der Waals surface area contributed by atoms with E-state index in [0.29, 0.717) is 24.6 Å². The Kier molecular flexibility index (Phi) is 4.90. The largest absolute Gasteiger partial charge is 0.368 e. The molecule has 2 aromatic rings. The molecule has 2 heterocycles. The second-order valence-corrected chi connectivity index (χ2v) is 6.78. The first-order valence-corrected chi connectivity index (χ1v) is 9.17.